The Hall–Kier alpha value is -1.94. The molecule has 0 heterocycles. The summed E-state index contributed by atoms with van der Waals surface area (Å²) in [4.78, 5) is 0. The Kier molecular flexibility index (Phi) is 3.65. The maximum Gasteiger partial charge on any atom is 0.162 e. The van der Waals surface area contributed by atoms with E-state index in [9.17, 15) is 8.78 Å². The number of nitrogens with one attached hydrogen (secondary N) is 1. The number of rotatable bonds is 5. The molecule has 2 nitrogen and oxygen atoms in total. The van der Waals surface area contributed by atoms with Gasteiger partial charge in [-0.05, 0) is 42.7 Å². The third-order valence-corrected chi connectivity index (χ3v) is 3.20. The highest BCUT2D eigenvalue weighted by Gasteiger charge is 2.19. The minimum Gasteiger partial charge on any atom is -0.457 e. The van der Waals surface area contributed by atoms with Crippen LogP contribution < -0.4 is 10.1 Å². The average Bonchev–Trinajstić information content (AvgIpc) is 3.25. The summed E-state index contributed by atoms with van der Waals surface area (Å²) >= 11 is 0. The van der Waals surface area contributed by atoms with E-state index in [-0.39, 0.29) is 5.75 Å². The fourth-order valence-electron chi connectivity index (χ4n) is 1.95. The van der Waals surface area contributed by atoms with Crippen LogP contribution in [-0.4, -0.2) is 6.04 Å². The first-order valence-corrected chi connectivity index (χ1v) is 6.66. The van der Waals surface area contributed by atoms with Crippen LogP contribution in [0.2, 0.25) is 0 Å². The molecule has 1 aliphatic rings. The first-order valence-electron chi connectivity index (χ1n) is 6.66. The van der Waals surface area contributed by atoms with Crippen molar-refractivity contribution in [3.8, 4) is 11.5 Å². The molecule has 104 valence electrons. The molecule has 0 aliphatic heterocycles. The van der Waals surface area contributed by atoms with Gasteiger partial charge < -0.3 is 10.1 Å². The van der Waals surface area contributed by atoms with Crippen LogP contribution >= 0.6 is 0 Å². The van der Waals surface area contributed by atoms with Crippen molar-refractivity contribution < 1.29 is 13.5 Å². The van der Waals surface area contributed by atoms with Crippen molar-refractivity contribution in [3.05, 3.63) is 59.7 Å². The van der Waals surface area contributed by atoms with Crippen molar-refractivity contribution in [1.29, 1.82) is 0 Å². The molecule has 20 heavy (non-hydrogen) atoms. The second-order valence-corrected chi connectivity index (χ2v) is 4.98. The van der Waals surface area contributed by atoms with Gasteiger partial charge in [-0.25, -0.2) is 8.78 Å². The van der Waals surface area contributed by atoms with Crippen LogP contribution in [0.3, 0.4) is 0 Å². The molecule has 1 aliphatic carbocycles. The molecule has 0 unspecified atom stereocenters. The van der Waals surface area contributed by atoms with Gasteiger partial charge in [0.05, 0.1) is 0 Å². The topological polar surface area (TPSA) is 21.3 Å². The van der Waals surface area contributed by atoms with Crippen molar-refractivity contribution >= 4 is 0 Å². The number of hydrogen-bond donors (Lipinski definition) is 1. The van der Waals surface area contributed by atoms with E-state index in [0.717, 1.165) is 24.2 Å². The summed E-state index contributed by atoms with van der Waals surface area (Å²) in [7, 11) is 0. The zero-order valence-electron chi connectivity index (χ0n) is 10.9. The molecule has 3 rings (SSSR count). The van der Waals surface area contributed by atoms with E-state index in [2.05, 4.69) is 5.32 Å². The molecule has 4 heteroatoms. The Morgan fingerprint density at radius 3 is 2.55 bits per heavy atom. The lowest BCUT2D eigenvalue weighted by atomic mass is 10.2. The summed E-state index contributed by atoms with van der Waals surface area (Å²) in [6, 6.07) is 11.7. The fraction of sp³-hybridized carbons (Fsp3) is 0.250. The zero-order chi connectivity index (χ0) is 13.9. The SMILES string of the molecule is Fc1ccc(Oc2cccc(CNC3CC3)c2)cc1F. The molecular weight excluding hydrogens is 260 g/mol. The second kappa shape index (κ2) is 5.59. The number of halogens is 2. The first kappa shape index (κ1) is 13.1. The summed E-state index contributed by atoms with van der Waals surface area (Å²) in [5.74, 6) is -0.879. The highest BCUT2D eigenvalue weighted by atomic mass is 19.2. The lowest BCUT2D eigenvalue weighted by Gasteiger charge is -2.08. The summed E-state index contributed by atoms with van der Waals surface area (Å²) in [6.45, 7) is 0.791. The molecule has 1 N–H and O–H groups in total. The highest BCUT2D eigenvalue weighted by Crippen LogP contribution is 2.24. The van der Waals surface area contributed by atoms with Crippen molar-refractivity contribution in [1.82, 2.24) is 5.32 Å². The molecule has 0 spiro atoms. The second-order valence-electron chi connectivity index (χ2n) is 4.98. The Bertz CT molecular complexity index is 611. The van der Waals surface area contributed by atoms with Crippen LogP contribution in [0.15, 0.2) is 42.5 Å². The van der Waals surface area contributed by atoms with Gasteiger partial charge in [0.1, 0.15) is 11.5 Å². The maximum absolute atomic E-state index is 13.1. The van der Waals surface area contributed by atoms with Gasteiger partial charge in [-0.15, -0.1) is 0 Å². The maximum atomic E-state index is 13.1. The molecule has 1 fully saturated rings. The van der Waals surface area contributed by atoms with E-state index >= 15 is 0 Å². The predicted octanol–water partition coefficient (Wildman–Crippen LogP) is 4.01. The molecule has 0 amide bonds. The Labute approximate surface area is 116 Å². The van der Waals surface area contributed by atoms with E-state index in [0.29, 0.717) is 11.8 Å². The minimum absolute atomic E-state index is 0.288. The van der Waals surface area contributed by atoms with Gasteiger partial charge in [0.2, 0.25) is 0 Å². The van der Waals surface area contributed by atoms with Crippen LogP contribution in [0, 0.1) is 11.6 Å². The molecule has 2 aromatic carbocycles. The van der Waals surface area contributed by atoms with Gasteiger partial charge in [0, 0.05) is 18.7 Å². The molecular formula is C16H15F2NO. The van der Waals surface area contributed by atoms with E-state index < -0.39 is 11.6 Å². The normalized spacial score (nSPS) is 14.3. The summed E-state index contributed by atoms with van der Waals surface area (Å²) in [5.41, 5.74) is 1.11. The molecule has 0 saturated heterocycles. The van der Waals surface area contributed by atoms with E-state index in [1.807, 2.05) is 18.2 Å². The third-order valence-electron chi connectivity index (χ3n) is 3.20. The molecule has 0 bridgehead atoms. The smallest absolute Gasteiger partial charge is 0.162 e. The zero-order valence-corrected chi connectivity index (χ0v) is 10.9. The van der Waals surface area contributed by atoms with Gasteiger partial charge in [0.15, 0.2) is 11.6 Å². The molecule has 0 radical (unpaired) electrons. The summed E-state index contributed by atoms with van der Waals surface area (Å²) in [5, 5.41) is 3.42. The lowest BCUT2D eigenvalue weighted by Crippen LogP contribution is -2.15. The number of benzene rings is 2. The molecule has 0 aromatic heterocycles. The van der Waals surface area contributed by atoms with Gasteiger partial charge >= 0.3 is 0 Å². The van der Waals surface area contributed by atoms with Crippen molar-refractivity contribution in [2.45, 2.75) is 25.4 Å². The van der Waals surface area contributed by atoms with Crippen LogP contribution in [0.25, 0.3) is 0 Å². The van der Waals surface area contributed by atoms with Crippen LogP contribution in [0.4, 0.5) is 8.78 Å². The monoisotopic (exact) mass is 275 g/mol. The van der Waals surface area contributed by atoms with Crippen LogP contribution in [-0.2, 0) is 6.54 Å². The highest BCUT2D eigenvalue weighted by molar-refractivity contribution is 5.34. The number of ether oxygens (including phenoxy) is 1. The van der Waals surface area contributed by atoms with Crippen molar-refractivity contribution in [2.24, 2.45) is 0 Å². The van der Waals surface area contributed by atoms with E-state index in [1.165, 1.54) is 18.9 Å². The first-order chi connectivity index (χ1) is 9.70. The Balaban J connectivity index is 1.69. The molecule has 1 saturated carbocycles. The Morgan fingerprint density at radius 2 is 1.80 bits per heavy atom. The van der Waals surface area contributed by atoms with Gasteiger partial charge in [-0.2, -0.15) is 0 Å². The van der Waals surface area contributed by atoms with Crippen LogP contribution in [0.5, 0.6) is 11.5 Å². The van der Waals surface area contributed by atoms with Gasteiger partial charge in [0.25, 0.3) is 0 Å². The predicted molar refractivity (Wildman–Crippen MR) is 72.7 cm³/mol. The summed E-state index contributed by atoms with van der Waals surface area (Å²) < 4.78 is 31.5. The largest absolute Gasteiger partial charge is 0.457 e. The van der Waals surface area contributed by atoms with Gasteiger partial charge in [-0.3, -0.25) is 0 Å². The standard InChI is InChI=1S/C16H15F2NO/c17-15-7-6-14(9-16(15)18)20-13-3-1-2-11(8-13)10-19-12-4-5-12/h1-3,6-9,12,19H,4-5,10H2. The average molecular weight is 275 g/mol. The summed E-state index contributed by atoms with van der Waals surface area (Å²) in [6.07, 6.45) is 2.48. The number of hydrogen-bond acceptors (Lipinski definition) is 2. The van der Waals surface area contributed by atoms with Crippen LogP contribution in [0.1, 0.15) is 18.4 Å². The van der Waals surface area contributed by atoms with Crippen molar-refractivity contribution in [3.63, 3.8) is 0 Å². The fourth-order valence-corrected chi connectivity index (χ4v) is 1.95. The van der Waals surface area contributed by atoms with E-state index in [4.69, 9.17) is 4.74 Å². The lowest BCUT2D eigenvalue weighted by molar-refractivity contribution is 0.461. The van der Waals surface area contributed by atoms with E-state index in [1.54, 1.807) is 6.07 Å². The minimum atomic E-state index is -0.908. The molecule has 0 atom stereocenters. The molecule has 2 aromatic rings. The quantitative estimate of drug-likeness (QED) is 0.890. The van der Waals surface area contributed by atoms with Gasteiger partial charge in [-0.1, -0.05) is 12.1 Å². The third kappa shape index (κ3) is 3.33. The Morgan fingerprint density at radius 1 is 1.00 bits per heavy atom. The van der Waals surface area contributed by atoms with Crippen molar-refractivity contribution in [2.75, 3.05) is 0 Å².